The maximum atomic E-state index is 12.8. The number of nitrogens with zero attached hydrogens (tertiary/aromatic N) is 1. The van der Waals surface area contributed by atoms with Gasteiger partial charge in [0.1, 0.15) is 11.1 Å². The van der Waals surface area contributed by atoms with Crippen molar-refractivity contribution in [1.29, 1.82) is 0 Å². The molecule has 1 aliphatic heterocycles. The van der Waals surface area contributed by atoms with E-state index >= 15 is 0 Å². The summed E-state index contributed by atoms with van der Waals surface area (Å²) in [5, 5.41) is 3.78. The van der Waals surface area contributed by atoms with Crippen molar-refractivity contribution in [2.75, 3.05) is 13.2 Å². The van der Waals surface area contributed by atoms with Crippen molar-refractivity contribution in [2.45, 2.75) is 18.9 Å². The van der Waals surface area contributed by atoms with Gasteiger partial charge in [0.05, 0.1) is 11.8 Å². The first-order valence-electron chi connectivity index (χ1n) is 8.92. The molecule has 27 heavy (non-hydrogen) atoms. The van der Waals surface area contributed by atoms with Crippen molar-refractivity contribution in [3.8, 4) is 0 Å². The van der Waals surface area contributed by atoms with Crippen LogP contribution in [0.25, 0.3) is 11.0 Å². The van der Waals surface area contributed by atoms with Crippen LogP contribution in [0.1, 0.15) is 23.2 Å². The summed E-state index contributed by atoms with van der Waals surface area (Å²) in [5.41, 5.74) is 2.10. The summed E-state index contributed by atoms with van der Waals surface area (Å²) in [6.45, 7) is 1.24. The van der Waals surface area contributed by atoms with Crippen LogP contribution in [-0.4, -0.2) is 25.2 Å². The van der Waals surface area contributed by atoms with E-state index in [-0.39, 0.29) is 12.0 Å². The molecule has 0 spiro atoms. The number of carbonyl (C=O) groups excluding carboxylic acids is 1. The van der Waals surface area contributed by atoms with E-state index in [9.17, 15) is 4.79 Å². The van der Waals surface area contributed by atoms with E-state index in [0.717, 1.165) is 35.0 Å². The number of carbonyl (C=O) groups is 1. The number of nitrogens with one attached hydrogen (secondary N) is 1. The van der Waals surface area contributed by atoms with Crippen LogP contribution in [-0.2, 0) is 4.74 Å². The van der Waals surface area contributed by atoms with E-state index in [1.54, 1.807) is 0 Å². The molecule has 1 N–H and O–H groups in total. The highest BCUT2D eigenvalue weighted by atomic mass is 79.9. The molecule has 1 saturated heterocycles. The molecule has 0 aliphatic carbocycles. The molecule has 138 valence electrons. The number of benzene rings is 2. The minimum Gasteiger partial charge on any atom is -0.438 e. The topological polar surface area (TPSA) is 63.8 Å². The fourth-order valence-electron chi connectivity index (χ4n) is 3.07. The lowest BCUT2D eigenvalue weighted by molar-refractivity contribution is 0.0854. The highest BCUT2D eigenvalue weighted by Gasteiger charge is 2.18. The predicted octanol–water partition coefficient (Wildman–Crippen LogP) is 4.34. The first-order chi connectivity index (χ1) is 13.2. The van der Waals surface area contributed by atoms with Crippen molar-refractivity contribution in [3.05, 3.63) is 70.2 Å². The molecule has 0 unspecified atom stereocenters. The van der Waals surface area contributed by atoms with Crippen molar-refractivity contribution in [1.82, 2.24) is 5.32 Å². The Labute approximate surface area is 165 Å². The zero-order valence-electron chi connectivity index (χ0n) is 14.7. The van der Waals surface area contributed by atoms with E-state index in [1.807, 2.05) is 54.6 Å². The fraction of sp³-hybridized carbons (Fsp3) is 0.238. The summed E-state index contributed by atoms with van der Waals surface area (Å²) in [5.74, 6) is -0.217. The van der Waals surface area contributed by atoms with Gasteiger partial charge in [0.25, 0.3) is 5.91 Å². The van der Waals surface area contributed by atoms with Crippen LogP contribution in [0.4, 0.5) is 5.69 Å². The summed E-state index contributed by atoms with van der Waals surface area (Å²) in [7, 11) is 0. The molecule has 0 bridgehead atoms. The van der Waals surface area contributed by atoms with Gasteiger partial charge in [-0.25, -0.2) is 4.99 Å². The lowest BCUT2D eigenvalue weighted by atomic mass is 10.1. The molecule has 3 aromatic rings. The molecule has 1 amide bonds. The summed E-state index contributed by atoms with van der Waals surface area (Å²) in [6, 6.07) is 16.9. The number of hydrogen-bond acceptors (Lipinski definition) is 4. The first kappa shape index (κ1) is 17.9. The van der Waals surface area contributed by atoms with Crippen LogP contribution >= 0.6 is 15.9 Å². The first-order valence-corrected chi connectivity index (χ1v) is 9.71. The second kappa shape index (κ2) is 8.06. The number of amides is 1. The SMILES string of the molecule is O=C(NC[C@@H]1CCCO1)c1cc2cc(Br)ccc2oc1=Nc1ccccc1. The van der Waals surface area contributed by atoms with Gasteiger partial charge >= 0.3 is 0 Å². The maximum absolute atomic E-state index is 12.8. The Morgan fingerprint density at radius 1 is 1.19 bits per heavy atom. The molecule has 4 rings (SSSR count). The van der Waals surface area contributed by atoms with Crippen molar-refractivity contribution in [3.63, 3.8) is 0 Å². The second-order valence-electron chi connectivity index (χ2n) is 6.44. The fourth-order valence-corrected chi connectivity index (χ4v) is 3.45. The quantitative estimate of drug-likeness (QED) is 0.674. The molecule has 2 aromatic carbocycles. The Morgan fingerprint density at radius 3 is 2.81 bits per heavy atom. The van der Waals surface area contributed by atoms with Crippen molar-refractivity contribution >= 4 is 38.5 Å². The Kier molecular flexibility index (Phi) is 5.36. The largest absolute Gasteiger partial charge is 0.438 e. The van der Waals surface area contributed by atoms with Gasteiger partial charge in [-0.3, -0.25) is 4.79 Å². The zero-order valence-corrected chi connectivity index (χ0v) is 16.2. The standard InChI is InChI=1S/C21H19BrN2O3/c22-15-8-9-19-14(11-15)12-18(20(25)23-13-17-7-4-10-26-17)21(27-19)24-16-5-2-1-3-6-16/h1-3,5-6,8-9,11-12,17H,4,7,10,13H2,(H,23,25)/t17-/m0/s1. The van der Waals surface area contributed by atoms with Gasteiger partial charge in [-0.15, -0.1) is 0 Å². The van der Waals surface area contributed by atoms with Crippen molar-refractivity contribution in [2.24, 2.45) is 4.99 Å². The van der Waals surface area contributed by atoms with Gasteiger partial charge in [-0.1, -0.05) is 34.1 Å². The lowest BCUT2D eigenvalue weighted by Crippen LogP contribution is -2.34. The summed E-state index contributed by atoms with van der Waals surface area (Å²) >= 11 is 3.46. The van der Waals surface area contributed by atoms with Crippen LogP contribution in [0.5, 0.6) is 0 Å². The molecule has 6 heteroatoms. The molecule has 0 saturated carbocycles. The number of halogens is 1. The molecule has 2 heterocycles. The van der Waals surface area contributed by atoms with Gasteiger partial charge in [0.2, 0.25) is 5.55 Å². The van der Waals surface area contributed by atoms with E-state index < -0.39 is 0 Å². The molecule has 1 fully saturated rings. The van der Waals surface area contributed by atoms with E-state index in [4.69, 9.17) is 9.15 Å². The van der Waals surface area contributed by atoms with E-state index in [2.05, 4.69) is 26.2 Å². The third-order valence-electron chi connectivity index (χ3n) is 4.45. The molecule has 5 nitrogen and oxygen atoms in total. The van der Waals surface area contributed by atoms with Gasteiger partial charge in [-0.2, -0.15) is 0 Å². The summed E-state index contributed by atoms with van der Waals surface area (Å²) < 4.78 is 12.5. The second-order valence-corrected chi connectivity index (χ2v) is 7.36. The average Bonchev–Trinajstić information content (AvgIpc) is 3.20. The van der Waals surface area contributed by atoms with Crippen LogP contribution in [0, 0.1) is 0 Å². The lowest BCUT2D eigenvalue weighted by Gasteiger charge is -2.11. The third-order valence-corrected chi connectivity index (χ3v) is 4.95. The summed E-state index contributed by atoms with van der Waals surface area (Å²) in [4.78, 5) is 17.4. The molecular formula is C21H19BrN2O3. The molecule has 1 aliphatic rings. The van der Waals surface area contributed by atoms with Gasteiger partial charge < -0.3 is 14.5 Å². The average molecular weight is 427 g/mol. The van der Waals surface area contributed by atoms with E-state index in [0.29, 0.717) is 23.2 Å². The summed E-state index contributed by atoms with van der Waals surface area (Å²) in [6.07, 6.45) is 2.08. The normalized spacial score (nSPS) is 17.4. The van der Waals surface area contributed by atoms with Crippen molar-refractivity contribution < 1.29 is 13.9 Å². The number of hydrogen-bond donors (Lipinski definition) is 1. The third kappa shape index (κ3) is 4.28. The van der Waals surface area contributed by atoms with Gasteiger partial charge in [0.15, 0.2) is 0 Å². The van der Waals surface area contributed by atoms with Crippen LogP contribution in [0.2, 0.25) is 0 Å². The van der Waals surface area contributed by atoms with E-state index in [1.165, 1.54) is 0 Å². The van der Waals surface area contributed by atoms with Gasteiger partial charge in [-0.05, 0) is 49.2 Å². The zero-order chi connectivity index (χ0) is 18.6. The monoisotopic (exact) mass is 426 g/mol. The highest BCUT2D eigenvalue weighted by molar-refractivity contribution is 9.10. The minimum absolute atomic E-state index is 0.0787. The van der Waals surface area contributed by atoms with Crippen LogP contribution in [0.3, 0.4) is 0 Å². The Bertz CT molecular complexity index is 1020. The Morgan fingerprint density at radius 2 is 2.04 bits per heavy atom. The van der Waals surface area contributed by atoms with Crippen LogP contribution < -0.4 is 10.9 Å². The predicted molar refractivity (Wildman–Crippen MR) is 107 cm³/mol. The number of para-hydroxylation sites is 1. The smallest absolute Gasteiger partial charge is 0.256 e. The molecule has 0 radical (unpaired) electrons. The van der Waals surface area contributed by atoms with Crippen LogP contribution in [0.15, 0.2) is 68.5 Å². The molecular weight excluding hydrogens is 408 g/mol. The Hall–Kier alpha value is -2.44. The minimum atomic E-state index is -0.217. The van der Waals surface area contributed by atoms with Gasteiger partial charge in [0, 0.05) is 23.0 Å². The Balaban J connectivity index is 1.74. The molecule has 1 aromatic heterocycles. The maximum Gasteiger partial charge on any atom is 0.256 e. The number of ether oxygens (including phenoxy) is 1. The number of fused-ring (bicyclic) bond motifs is 1. The number of rotatable bonds is 4. The highest BCUT2D eigenvalue weighted by Crippen LogP contribution is 2.20. The molecule has 1 atom stereocenters.